The molecule has 3 heteroatoms. The normalized spacial score (nSPS) is 20.9. The van der Waals surface area contributed by atoms with Crippen molar-refractivity contribution in [2.75, 3.05) is 13.7 Å². The van der Waals surface area contributed by atoms with Crippen molar-refractivity contribution < 1.29 is 9.84 Å². The van der Waals surface area contributed by atoms with Crippen LogP contribution in [0.4, 0.5) is 0 Å². The summed E-state index contributed by atoms with van der Waals surface area (Å²) in [6.07, 6.45) is 3.45. The largest absolute Gasteiger partial charge is 0.508 e. The van der Waals surface area contributed by atoms with E-state index in [0.717, 1.165) is 12.8 Å². The van der Waals surface area contributed by atoms with Gasteiger partial charge in [-0.3, -0.25) is 0 Å². The van der Waals surface area contributed by atoms with Gasteiger partial charge in [0.2, 0.25) is 0 Å². The molecule has 3 nitrogen and oxygen atoms in total. The Morgan fingerprint density at radius 2 is 2.35 bits per heavy atom. The van der Waals surface area contributed by atoms with Gasteiger partial charge < -0.3 is 15.2 Å². The zero-order chi connectivity index (χ0) is 12.3. The van der Waals surface area contributed by atoms with Crippen LogP contribution >= 0.6 is 0 Å². The molecule has 2 unspecified atom stereocenters. The Hall–Kier alpha value is -1.06. The molecule has 0 bridgehead atoms. The third-order valence-corrected chi connectivity index (χ3v) is 3.35. The van der Waals surface area contributed by atoms with E-state index >= 15 is 0 Å². The number of nitrogens with one attached hydrogen (secondary N) is 1. The fourth-order valence-corrected chi connectivity index (χ4v) is 2.60. The lowest BCUT2D eigenvalue weighted by Gasteiger charge is -2.29. The predicted octanol–water partition coefficient (Wildman–Crippen LogP) is 2.39. The van der Waals surface area contributed by atoms with E-state index in [1.807, 2.05) is 12.1 Å². The third kappa shape index (κ3) is 2.99. The van der Waals surface area contributed by atoms with Gasteiger partial charge in [-0.25, -0.2) is 0 Å². The van der Waals surface area contributed by atoms with E-state index in [4.69, 9.17) is 4.74 Å². The average molecular weight is 235 g/mol. The average Bonchev–Trinajstić information content (AvgIpc) is 2.30. The van der Waals surface area contributed by atoms with E-state index in [1.165, 1.54) is 17.5 Å². The molecule has 0 amide bonds. The van der Waals surface area contributed by atoms with Gasteiger partial charge >= 0.3 is 0 Å². The van der Waals surface area contributed by atoms with Crippen LogP contribution in [0.15, 0.2) is 18.2 Å². The number of hydrogen-bond donors (Lipinski definition) is 2. The lowest BCUT2D eigenvalue weighted by Crippen LogP contribution is -2.35. The van der Waals surface area contributed by atoms with E-state index in [1.54, 1.807) is 13.2 Å². The van der Waals surface area contributed by atoms with Crippen molar-refractivity contribution in [3.05, 3.63) is 29.3 Å². The zero-order valence-electron chi connectivity index (χ0n) is 10.6. The van der Waals surface area contributed by atoms with Crippen molar-refractivity contribution >= 4 is 0 Å². The molecule has 94 valence electrons. The van der Waals surface area contributed by atoms with Crippen LogP contribution in [0.1, 0.15) is 36.9 Å². The number of rotatable bonds is 4. The molecule has 2 N–H and O–H groups in total. The number of hydrogen-bond acceptors (Lipinski definition) is 3. The monoisotopic (exact) mass is 235 g/mol. The van der Waals surface area contributed by atoms with Gasteiger partial charge in [0, 0.05) is 19.2 Å². The fourth-order valence-electron chi connectivity index (χ4n) is 2.60. The summed E-state index contributed by atoms with van der Waals surface area (Å²) in [5.41, 5.74) is 2.61. The minimum Gasteiger partial charge on any atom is -0.508 e. The molecular formula is C14H21NO2. The van der Waals surface area contributed by atoms with Crippen LogP contribution in [0.2, 0.25) is 0 Å². The molecule has 0 radical (unpaired) electrons. The second kappa shape index (κ2) is 5.52. The number of ether oxygens (including phenoxy) is 1. The summed E-state index contributed by atoms with van der Waals surface area (Å²) >= 11 is 0. The van der Waals surface area contributed by atoms with E-state index in [9.17, 15) is 5.11 Å². The lowest BCUT2D eigenvalue weighted by atomic mass is 9.87. The highest BCUT2D eigenvalue weighted by Crippen LogP contribution is 2.32. The highest BCUT2D eigenvalue weighted by molar-refractivity contribution is 5.38. The summed E-state index contributed by atoms with van der Waals surface area (Å²) in [4.78, 5) is 0. The number of methoxy groups -OCH3 is 1. The highest BCUT2D eigenvalue weighted by Gasteiger charge is 2.21. The second-order valence-electron chi connectivity index (χ2n) is 4.85. The Bertz CT molecular complexity index is 378. The molecule has 0 saturated carbocycles. The fraction of sp³-hybridized carbons (Fsp3) is 0.571. The lowest BCUT2D eigenvalue weighted by molar-refractivity contribution is 0.165. The van der Waals surface area contributed by atoms with Crippen LogP contribution in [0.3, 0.4) is 0 Å². The Kier molecular flexibility index (Phi) is 4.02. The van der Waals surface area contributed by atoms with E-state index in [2.05, 4.69) is 12.2 Å². The maximum atomic E-state index is 9.59. The smallest absolute Gasteiger partial charge is 0.115 e. The maximum absolute atomic E-state index is 9.59. The molecule has 0 spiro atoms. The molecule has 0 heterocycles. The van der Waals surface area contributed by atoms with Crippen molar-refractivity contribution in [1.82, 2.24) is 5.32 Å². The Morgan fingerprint density at radius 1 is 1.53 bits per heavy atom. The van der Waals surface area contributed by atoms with Crippen LogP contribution in [0.25, 0.3) is 0 Å². The van der Waals surface area contributed by atoms with Crippen molar-refractivity contribution in [3.63, 3.8) is 0 Å². The molecular weight excluding hydrogens is 214 g/mol. The first kappa shape index (κ1) is 12.4. The first-order chi connectivity index (χ1) is 8.20. The minimum absolute atomic E-state index is 0.332. The van der Waals surface area contributed by atoms with Gasteiger partial charge in [0.1, 0.15) is 5.75 Å². The number of aromatic hydroxyl groups is 1. The third-order valence-electron chi connectivity index (χ3n) is 3.35. The van der Waals surface area contributed by atoms with Gasteiger partial charge in [-0.2, -0.15) is 0 Å². The second-order valence-corrected chi connectivity index (χ2v) is 4.85. The SMILES string of the molecule is COCC(C)NC1CCCc2ccc(O)cc21. The number of fused-ring (bicyclic) bond motifs is 1. The Morgan fingerprint density at radius 3 is 3.12 bits per heavy atom. The topological polar surface area (TPSA) is 41.5 Å². The van der Waals surface area contributed by atoms with Gasteiger partial charge in [0.15, 0.2) is 0 Å². The molecule has 0 aliphatic heterocycles. The maximum Gasteiger partial charge on any atom is 0.115 e. The molecule has 2 rings (SSSR count). The number of phenolic OH excluding ortho intramolecular Hbond substituents is 1. The predicted molar refractivity (Wildman–Crippen MR) is 68.3 cm³/mol. The van der Waals surface area contributed by atoms with E-state index < -0.39 is 0 Å². The summed E-state index contributed by atoms with van der Waals surface area (Å²) in [6.45, 7) is 2.84. The first-order valence-electron chi connectivity index (χ1n) is 6.27. The molecule has 1 aromatic carbocycles. The highest BCUT2D eigenvalue weighted by atomic mass is 16.5. The standard InChI is InChI=1S/C14H21NO2/c1-10(9-17-2)15-14-5-3-4-11-6-7-12(16)8-13(11)14/h6-8,10,14-16H,3-5,9H2,1-2H3. The quantitative estimate of drug-likeness (QED) is 0.842. The molecule has 0 fully saturated rings. The van der Waals surface area contributed by atoms with Gasteiger partial charge in [0.05, 0.1) is 6.61 Å². The van der Waals surface area contributed by atoms with Crippen molar-refractivity contribution in [1.29, 1.82) is 0 Å². The van der Waals surface area contributed by atoms with Crippen LogP contribution in [0, 0.1) is 0 Å². The Labute approximate surface area is 103 Å². The van der Waals surface area contributed by atoms with Gasteiger partial charge in [-0.1, -0.05) is 6.07 Å². The summed E-state index contributed by atoms with van der Waals surface area (Å²) in [5.74, 6) is 0.358. The van der Waals surface area contributed by atoms with Crippen LogP contribution in [-0.4, -0.2) is 24.9 Å². The molecule has 17 heavy (non-hydrogen) atoms. The molecule has 1 aromatic rings. The zero-order valence-corrected chi connectivity index (χ0v) is 10.6. The van der Waals surface area contributed by atoms with E-state index in [-0.39, 0.29) is 0 Å². The summed E-state index contributed by atoms with van der Waals surface area (Å²) < 4.78 is 5.14. The van der Waals surface area contributed by atoms with Crippen LogP contribution in [0.5, 0.6) is 5.75 Å². The first-order valence-corrected chi connectivity index (χ1v) is 6.27. The molecule has 1 aliphatic rings. The van der Waals surface area contributed by atoms with Gasteiger partial charge in [-0.15, -0.1) is 0 Å². The van der Waals surface area contributed by atoms with Crippen LogP contribution < -0.4 is 5.32 Å². The van der Waals surface area contributed by atoms with Gasteiger partial charge in [0.25, 0.3) is 0 Å². The summed E-state index contributed by atoms with van der Waals surface area (Å²) in [5, 5.41) is 13.2. The Balaban J connectivity index is 2.13. The van der Waals surface area contributed by atoms with E-state index in [0.29, 0.717) is 24.4 Å². The van der Waals surface area contributed by atoms with Crippen LogP contribution in [-0.2, 0) is 11.2 Å². The van der Waals surface area contributed by atoms with Crippen molar-refractivity contribution in [3.8, 4) is 5.75 Å². The van der Waals surface area contributed by atoms with Crippen molar-refractivity contribution in [2.45, 2.75) is 38.3 Å². The van der Waals surface area contributed by atoms with Gasteiger partial charge in [-0.05, 0) is 49.4 Å². The van der Waals surface area contributed by atoms with Crippen molar-refractivity contribution in [2.24, 2.45) is 0 Å². The number of benzene rings is 1. The summed E-state index contributed by atoms with van der Waals surface area (Å²) in [6, 6.07) is 6.39. The molecule has 0 aromatic heterocycles. The number of aryl methyl sites for hydroxylation is 1. The number of phenols is 1. The summed E-state index contributed by atoms with van der Waals surface area (Å²) in [7, 11) is 1.72. The molecule has 1 aliphatic carbocycles. The molecule has 2 atom stereocenters. The molecule has 0 saturated heterocycles. The minimum atomic E-state index is 0.332.